The Morgan fingerprint density at radius 2 is 1.79 bits per heavy atom. The summed E-state index contributed by atoms with van der Waals surface area (Å²) in [5, 5.41) is 9.21. The van der Waals surface area contributed by atoms with Crippen molar-refractivity contribution < 1.29 is 26.0 Å². The summed E-state index contributed by atoms with van der Waals surface area (Å²) in [5.41, 5.74) is 0.790. The predicted octanol–water partition coefficient (Wildman–Crippen LogP) is 0.933. The molecule has 8 nitrogen and oxygen atoms in total. The first-order chi connectivity index (χ1) is 13.4. The van der Waals surface area contributed by atoms with Gasteiger partial charge in [-0.05, 0) is 63.5 Å². The highest BCUT2D eigenvalue weighted by Gasteiger charge is 2.18. The summed E-state index contributed by atoms with van der Waals surface area (Å²) in [4.78, 5) is 12.5. The summed E-state index contributed by atoms with van der Waals surface area (Å²) >= 11 is 0. The summed E-state index contributed by atoms with van der Waals surface area (Å²) < 4.78 is 42.8. The molecular formula is C18H30FN3O5S. The minimum atomic E-state index is -5.05. The highest BCUT2D eigenvalue weighted by atomic mass is 32.3. The van der Waals surface area contributed by atoms with Crippen LogP contribution in [0.25, 0.3) is 0 Å². The van der Waals surface area contributed by atoms with Gasteiger partial charge in [0.2, 0.25) is 5.91 Å². The molecule has 0 saturated carbocycles. The topological polar surface area (TPSA) is 106 Å². The molecule has 0 aliphatic rings. The molecular weight excluding hydrogens is 389 g/mol. The fourth-order valence-electron chi connectivity index (χ4n) is 2.54. The average Bonchev–Trinajstić information content (AvgIpc) is 2.64. The van der Waals surface area contributed by atoms with Crippen molar-refractivity contribution in [1.29, 1.82) is 0 Å². The van der Waals surface area contributed by atoms with E-state index in [0.29, 0.717) is 26.1 Å². The molecule has 0 bridgehead atoms. The van der Waals surface area contributed by atoms with E-state index in [1.807, 2.05) is 7.05 Å². The number of unbranched alkanes of at least 4 members (excludes halogenated alkanes) is 1. The zero-order chi connectivity index (χ0) is 20.8. The van der Waals surface area contributed by atoms with Crippen molar-refractivity contribution in [3.8, 4) is 5.75 Å². The number of nitrogens with one attached hydrogen (secondary N) is 3. The molecule has 0 heterocycles. The molecule has 3 N–H and O–H groups in total. The van der Waals surface area contributed by atoms with Gasteiger partial charge in [0, 0.05) is 20.3 Å². The van der Waals surface area contributed by atoms with Crippen molar-refractivity contribution >= 4 is 16.4 Å². The van der Waals surface area contributed by atoms with Gasteiger partial charge >= 0.3 is 10.5 Å². The molecule has 1 rings (SSSR count). The Hall–Kier alpha value is -1.75. The third kappa shape index (κ3) is 11.2. The van der Waals surface area contributed by atoms with Gasteiger partial charge in [0.25, 0.3) is 0 Å². The van der Waals surface area contributed by atoms with Crippen LogP contribution in [0.2, 0.25) is 0 Å². The van der Waals surface area contributed by atoms with Gasteiger partial charge in [-0.1, -0.05) is 16.0 Å². The van der Waals surface area contributed by atoms with Crippen LogP contribution in [0.1, 0.15) is 24.8 Å². The number of ether oxygens (including phenoxy) is 1. The summed E-state index contributed by atoms with van der Waals surface area (Å²) in [5.74, 6) is -0.224. The zero-order valence-corrected chi connectivity index (χ0v) is 17.2. The summed E-state index contributed by atoms with van der Waals surface area (Å²) in [6, 6.07) is 5.46. The number of rotatable bonds is 15. The van der Waals surface area contributed by atoms with Gasteiger partial charge in [-0.15, -0.1) is 0 Å². The van der Waals surface area contributed by atoms with Crippen LogP contribution in [0.3, 0.4) is 0 Å². The fourth-order valence-corrected chi connectivity index (χ4v) is 2.88. The van der Waals surface area contributed by atoms with Crippen molar-refractivity contribution in [2.24, 2.45) is 0 Å². The lowest BCUT2D eigenvalue weighted by Crippen LogP contribution is -2.46. The average molecular weight is 420 g/mol. The van der Waals surface area contributed by atoms with Crippen LogP contribution in [0.15, 0.2) is 24.3 Å². The highest BCUT2D eigenvalue weighted by molar-refractivity contribution is 7.81. The summed E-state index contributed by atoms with van der Waals surface area (Å²) in [6.45, 7) is 2.71. The molecule has 0 saturated heterocycles. The van der Waals surface area contributed by atoms with E-state index in [1.165, 1.54) is 12.1 Å². The van der Waals surface area contributed by atoms with Crippen molar-refractivity contribution in [3.05, 3.63) is 29.8 Å². The van der Waals surface area contributed by atoms with Gasteiger partial charge in [0.1, 0.15) is 5.75 Å². The molecule has 1 atom stereocenters. The lowest BCUT2D eigenvalue weighted by atomic mass is 10.0. The summed E-state index contributed by atoms with van der Waals surface area (Å²) in [6.07, 6.45) is 3.02. The van der Waals surface area contributed by atoms with E-state index in [-0.39, 0.29) is 11.7 Å². The third-order valence-corrected chi connectivity index (χ3v) is 4.34. The van der Waals surface area contributed by atoms with Crippen molar-refractivity contribution in [1.82, 2.24) is 16.0 Å². The van der Waals surface area contributed by atoms with E-state index in [1.54, 1.807) is 19.2 Å². The van der Waals surface area contributed by atoms with Gasteiger partial charge in [-0.2, -0.15) is 8.42 Å². The van der Waals surface area contributed by atoms with Crippen molar-refractivity contribution in [2.75, 3.05) is 40.4 Å². The molecule has 0 aromatic heterocycles. The highest BCUT2D eigenvalue weighted by Crippen LogP contribution is 2.16. The Bertz CT molecular complexity index is 670. The van der Waals surface area contributed by atoms with Crippen LogP contribution in [0.5, 0.6) is 5.75 Å². The number of hydrogen-bond acceptors (Lipinski definition) is 7. The molecule has 1 unspecified atom stereocenters. The predicted molar refractivity (Wildman–Crippen MR) is 105 cm³/mol. The van der Waals surface area contributed by atoms with Gasteiger partial charge in [-0.25, -0.2) is 0 Å². The van der Waals surface area contributed by atoms with Gasteiger partial charge in [0.05, 0.1) is 6.04 Å². The number of hydrogen-bond donors (Lipinski definition) is 3. The Kier molecular flexibility index (Phi) is 11.7. The second-order valence-electron chi connectivity index (χ2n) is 6.28. The van der Waals surface area contributed by atoms with E-state index in [0.717, 1.165) is 31.4 Å². The molecule has 0 radical (unpaired) electrons. The smallest absolute Gasteiger partial charge is 0.385 e. The van der Waals surface area contributed by atoms with Crippen LogP contribution in [-0.2, 0) is 26.5 Å². The van der Waals surface area contributed by atoms with Crippen LogP contribution in [-0.4, -0.2) is 60.8 Å². The monoisotopic (exact) mass is 419 g/mol. The number of carbonyl (C=O) groups is 1. The van der Waals surface area contributed by atoms with Gasteiger partial charge < -0.3 is 24.9 Å². The molecule has 0 spiro atoms. The largest absolute Gasteiger partial charge is 0.488 e. The van der Waals surface area contributed by atoms with Crippen molar-refractivity contribution in [3.63, 3.8) is 0 Å². The molecule has 1 amide bonds. The van der Waals surface area contributed by atoms with E-state index in [4.69, 9.17) is 4.74 Å². The lowest BCUT2D eigenvalue weighted by Gasteiger charge is -2.19. The Balaban J connectivity index is 2.63. The Labute approximate surface area is 166 Å². The fraction of sp³-hybridized carbons (Fsp3) is 0.611. The Morgan fingerprint density at radius 1 is 1.11 bits per heavy atom. The quantitative estimate of drug-likeness (QED) is 0.287. The standard InChI is InChI=1S/C18H30FN3O5S/c1-20-10-3-4-11-22-18(23)17(21-12-5-13-26-2)14-15-6-8-16(9-7-15)27-28(19,24)25/h6-9,17,20-21H,3-5,10-14H2,1-2H3,(H,22,23). The first-order valence-corrected chi connectivity index (χ1v) is 10.5. The maximum atomic E-state index is 12.6. The SMILES string of the molecule is CNCCCCNC(=O)C(Cc1ccc(OS(=O)(=O)F)cc1)NCCCOC. The first kappa shape index (κ1) is 24.3. The molecule has 1 aromatic carbocycles. The van der Waals surface area contributed by atoms with Crippen LogP contribution in [0.4, 0.5) is 3.89 Å². The second-order valence-corrected chi connectivity index (χ2v) is 7.23. The number of carbonyl (C=O) groups excluding carboxylic acids is 1. The minimum Gasteiger partial charge on any atom is -0.385 e. The molecule has 0 aliphatic heterocycles. The first-order valence-electron chi connectivity index (χ1n) is 9.23. The van der Waals surface area contributed by atoms with Crippen LogP contribution >= 0.6 is 0 Å². The van der Waals surface area contributed by atoms with Crippen LogP contribution < -0.4 is 20.1 Å². The van der Waals surface area contributed by atoms with Gasteiger partial charge in [0.15, 0.2) is 0 Å². The molecule has 28 heavy (non-hydrogen) atoms. The van der Waals surface area contributed by atoms with Crippen molar-refractivity contribution in [2.45, 2.75) is 31.7 Å². The van der Waals surface area contributed by atoms with E-state index < -0.39 is 16.5 Å². The molecule has 160 valence electrons. The lowest BCUT2D eigenvalue weighted by molar-refractivity contribution is -0.123. The maximum Gasteiger partial charge on any atom is 0.488 e. The third-order valence-electron chi connectivity index (χ3n) is 3.94. The zero-order valence-electron chi connectivity index (χ0n) is 16.4. The minimum absolute atomic E-state index is 0.103. The van der Waals surface area contributed by atoms with E-state index >= 15 is 0 Å². The summed E-state index contributed by atoms with van der Waals surface area (Å²) in [7, 11) is -1.55. The second kappa shape index (κ2) is 13.4. The normalized spacial score (nSPS) is 12.5. The number of halogens is 1. The molecule has 10 heteroatoms. The Morgan fingerprint density at radius 3 is 2.39 bits per heavy atom. The number of methoxy groups -OCH3 is 1. The number of benzene rings is 1. The van der Waals surface area contributed by atoms with E-state index in [2.05, 4.69) is 20.1 Å². The maximum absolute atomic E-state index is 12.6. The van der Waals surface area contributed by atoms with E-state index in [9.17, 15) is 17.1 Å². The molecule has 0 aliphatic carbocycles. The molecule has 0 fully saturated rings. The van der Waals surface area contributed by atoms with Gasteiger partial charge in [-0.3, -0.25) is 4.79 Å². The van der Waals surface area contributed by atoms with Crippen LogP contribution in [0, 0.1) is 0 Å². The molecule has 1 aromatic rings. The number of amides is 1.